The number of morpholine rings is 1. The van der Waals surface area contributed by atoms with Crippen molar-refractivity contribution in [3.8, 4) is 0 Å². The molecule has 5 nitrogen and oxygen atoms in total. The number of carbonyl (C=O) groups is 1. The summed E-state index contributed by atoms with van der Waals surface area (Å²) in [6.07, 6.45) is 0.788. The number of thiazole rings is 1. The topological polar surface area (TPSA) is 54.5 Å². The van der Waals surface area contributed by atoms with Gasteiger partial charge in [0.05, 0.1) is 28.7 Å². The smallest absolute Gasteiger partial charge is 0.238 e. The van der Waals surface area contributed by atoms with Gasteiger partial charge in [-0.1, -0.05) is 29.5 Å². The summed E-state index contributed by atoms with van der Waals surface area (Å²) in [6.45, 7) is 3.25. The van der Waals surface area contributed by atoms with Crippen LogP contribution in [0.4, 0.5) is 10.8 Å². The van der Waals surface area contributed by atoms with Gasteiger partial charge in [0.1, 0.15) is 0 Å². The quantitative estimate of drug-likeness (QED) is 0.729. The third kappa shape index (κ3) is 3.42. The van der Waals surface area contributed by atoms with Gasteiger partial charge < -0.3 is 15.0 Å². The average molecular weight is 398 g/mol. The molecule has 1 saturated heterocycles. The number of benzene rings is 2. The summed E-state index contributed by atoms with van der Waals surface area (Å²) >= 11 is 3.32. The normalized spacial score (nSPS) is 19.3. The second kappa shape index (κ2) is 7.14. The molecule has 0 radical (unpaired) electrons. The summed E-state index contributed by atoms with van der Waals surface area (Å²) in [7, 11) is 0. The Morgan fingerprint density at radius 1 is 1.19 bits per heavy atom. The van der Waals surface area contributed by atoms with Gasteiger partial charge in [-0.2, -0.15) is 0 Å². The number of nitrogens with zero attached hydrogens (tertiary/aromatic N) is 2. The number of hydrogen-bond donors (Lipinski definition) is 1. The lowest BCUT2D eigenvalue weighted by molar-refractivity contribution is -0.115. The van der Waals surface area contributed by atoms with Gasteiger partial charge in [-0.25, -0.2) is 4.98 Å². The summed E-state index contributed by atoms with van der Waals surface area (Å²) in [6, 6.07) is 14.2. The van der Waals surface area contributed by atoms with E-state index in [1.54, 1.807) is 23.1 Å². The largest absolute Gasteiger partial charge is 0.378 e. The number of anilines is 2. The molecular formula is C20H19N3O2S2. The van der Waals surface area contributed by atoms with Crippen LogP contribution in [0.3, 0.4) is 0 Å². The van der Waals surface area contributed by atoms with E-state index in [0.29, 0.717) is 0 Å². The van der Waals surface area contributed by atoms with E-state index in [2.05, 4.69) is 22.3 Å². The zero-order valence-electron chi connectivity index (χ0n) is 14.7. The first-order chi connectivity index (χ1) is 13.3. The van der Waals surface area contributed by atoms with Crippen LogP contribution in [0.2, 0.25) is 0 Å². The molecule has 1 atom stereocenters. The second-order valence-corrected chi connectivity index (χ2v) is 8.94. The lowest BCUT2D eigenvalue weighted by Gasteiger charge is -2.25. The fourth-order valence-electron chi connectivity index (χ4n) is 3.43. The van der Waals surface area contributed by atoms with Crippen LogP contribution in [-0.2, 0) is 16.0 Å². The Kier molecular flexibility index (Phi) is 4.51. The molecule has 27 heavy (non-hydrogen) atoms. The number of hydrogen-bond acceptors (Lipinski definition) is 6. The van der Waals surface area contributed by atoms with Gasteiger partial charge in [0.2, 0.25) is 5.91 Å². The number of ether oxygens (including phenoxy) is 1. The molecule has 1 aromatic heterocycles. The van der Waals surface area contributed by atoms with Crippen LogP contribution in [-0.4, -0.2) is 42.4 Å². The Morgan fingerprint density at radius 3 is 2.89 bits per heavy atom. The molecule has 2 aliphatic rings. The molecule has 2 aromatic carbocycles. The van der Waals surface area contributed by atoms with Gasteiger partial charge in [-0.3, -0.25) is 4.79 Å². The van der Waals surface area contributed by atoms with Crippen molar-refractivity contribution in [1.82, 2.24) is 4.98 Å². The Hall–Kier alpha value is -2.09. The summed E-state index contributed by atoms with van der Waals surface area (Å²) in [4.78, 5) is 20.9. The fourth-order valence-corrected chi connectivity index (χ4v) is 5.68. The SMILES string of the molecule is O=C(Nc1ccc2nc(N3CCOCC3)sc2c1)[C@@H]1Cc2ccccc2S1. The van der Waals surface area contributed by atoms with Crippen molar-refractivity contribution in [3.05, 3.63) is 48.0 Å². The van der Waals surface area contributed by atoms with Gasteiger partial charge in [0.25, 0.3) is 0 Å². The maximum atomic E-state index is 12.7. The number of carbonyl (C=O) groups excluding carboxylic acids is 1. The third-order valence-electron chi connectivity index (χ3n) is 4.87. The van der Waals surface area contributed by atoms with E-state index in [1.165, 1.54) is 10.5 Å². The van der Waals surface area contributed by atoms with Crippen LogP contribution in [0.5, 0.6) is 0 Å². The molecule has 5 rings (SSSR count). The van der Waals surface area contributed by atoms with Crippen molar-refractivity contribution in [2.75, 3.05) is 36.5 Å². The van der Waals surface area contributed by atoms with Crippen LogP contribution in [0.1, 0.15) is 5.56 Å². The first-order valence-electron chi connectivity index (χ1n) is 9.05. The number of amides is 1. The first-order valence-corrected chi connectivity index (χ1v) is 10.7. The number of thioether (sulfide) groups is 1. The fraction of sp³-hybridized carbons (Fsp3) is 0.300. The van der Waals surface area contributed by atoms with E-state index in [1.807, 2.05) is 30.3 Å². The molecule has 1 amide bonds. The van der Waals surface area contributed by atoms with E-state index in [-0.39, 0.29) is 11.2 Å². The minimum Gasteiger partial charge on any atom is -0.378 e. The maximum Gasteiger partial charge on any atom is 0.238 e. The highest BCUT2D eigenvalue weighted by Gasteiger charge is 2.28. The van der Waals surface area contributed by atoms with Crippen LogP contribution in [0.25, 0.3) is 10.2 Å². The molecule has 0 bridgehead atoms. The third-order valence-corrected chi connectivity index (χ3v) is 7.26. The van der Waals surface area contributed by atoms with E-state index >= 15 is 0 Å². The van der Waals surface area contributed by atoms with E-state index in [0.717, 1.165) is 53.8 Å². The maximum absolute atomic E-state index is 12.7. The van der Waals surface area contributed by atoms with Gasteiger partial charge in [0.15, 0.2) is 5.13 Å². The van der Waals surface area contributed by atoms with Gasteiger partial charge >= 0.3 is 0 Å². The summed E-state index contributed by atoms with van der Waals surface area (Å²) in [5, 5.41) is 4.05. The zero-order chi connectivity index (χ0) is 18.2. The lowest BCUT2D eigenvalue weighted by atomic mass is 10.1. The van der Waals surface area contributed by atoms with Gasteiger partial charge in [-0.05, 0) is 36.2 Å². The Labute approximate surface area is 165 Å². The van der Waals surface area contributed by atoms with E-state index in [9.17, 15) is 4.79 Å². The monoisotopic (exact) mass is 397 g/mol. The van der Waals surface area contributed by atoms with Crippen LogP contribution >= 0.6 is 23.1 Å². The Balaban J connectivity index is 1.31. The molecule has 1 N–H and O–H groups in total. The van der Waals surface area contributed by atoms with Crippen LogP contribution in [0, 0.1) is 0 Å². The number of aromatic nitrogens is 1. The highest BCUT2D eigenvalue weighted by Crippen LogP contribution is 2.37. The minimum atomic E-state index is -0.0662. The molecule has 7 heteroatoms. The Bertz CT molecular complexity index is 973. The summed E-state index contributed by atoms with van der Waals surface area (Å²) < 4.78 is 6.51. The lowest BCUT2D eigenvalue weighted by Crippen LogP contribution is -2.36. The van der Waals surface area contributed by atoms with Gasteiger partial charge in [-0.15, -0.1) is 11.8 Å². The molecule has 2 aliphatic heterocycles. The van der Waals surface area contributed by atoms with Crippen molar-refractivity contribution in [3.63, 3.8) is 0 Å². The minimum absolute atomic E-state index is 0.0634. The zero-order valence-corrected chi connectivity index (χ0v) is 16.3. The predicted molar refractivity (Wildman–Crippen MR) is 111 cm³/mol. The number of rotatable bonds is 3. The molecular weight excluding hydrogens is 378 g/mol. The van der Waals surface area contributed by atoms with E-state index < -0.39 is 0 Å². The highest BCUT2D eigenvalue weighted by molar-refractivity contribution is 8.01. The molecule has 138 valence electrons. The standard InChI is InChI=1S/C20H19N3O2S2/c24-19(18-11-13-3-1-2-4-16(13)26-18)21-14-5-6-15-17(12-14)27-20(22-15)23-7-9-25-10-8-23/h1-6,12,18H,7-11H2,(H,21,24)/t18-/m0/s1. The van der Waals surface area contributed by atoms with Crippen molar-refractivity contribution in [1.29, 1.82) is 0 Å². The summed E-state index contributed by atoms with van der Waals surface area (Å²) in [5.74, 6) is 0.0634. The first kappa shape index (κ1) is 17.0. The molecule has 0 saturated carbocycles. The van der Waals surface area contributed by atoms with Crippen LogP contribution in [0.15, 0.2) is 47.4 Å². The molecule has 0 unspecified atom stereocenters. The number of fused-ring (bicyclic) bond motifs is 2. The van der Waals surface area contributed by atoms with Crippen molar-refractivity contribution < 1.29 is 9.53 Å². The number of nitrogens with one attached hydrogen (secondary N) is 1. The van der Waals surface area contributed by atoms with Crippen molar-refractivity contribution in [2.24, 2.45) is 0 Å². The average Bonchev–Trinajstić information content (AvgIpc) is 3.32. The molecule has 3 aromatic rings. The highest BCUT2D eigenvalue weighted by atomic mass is 32.2. The van der Waals surface area contributed by atoms with Crippen LogP contribution < -0.4 is 10.2 Å². The molecule has 3 heterocycles. The Morgan fingerprint density at radius 2 is 2.04 bits per heavy atom. The van der Waals surface area contributed by atoms with E-state index in [4.69, 9.17) is 9.72 Å². The van der Waals surface area contributed by atoms with Crippen molar-refractivity contribution in [2.45, 2.75) is 16.6 Å². The molecule has 1 fully saturated rings. The second-order valence-electron chi connectivity index (χ2n) is 6.69. The van der Waals surface area contributed by atoms with Crippen molar-refractivity contribution >= 4 is 50.0 Å². The predicted octanol–water partition coefficient (Wildman–Crippen LogP) is 3.79. The summed E-state index contributed by atoms with van der Waals surface area (Å²) in [5.41, 5.74) is 3.07. The molecule has 0 aliphatic carbocycles. The van der Waals surface area contributed by atoms with Gasteiger partial charge in [0, 0.05) is 23.7 Å². The molecule has 0 spiro atoms.